The van der Waals surface area contributed by atoms with Gasteiger partial charge in [-0.25, -0.2) is 0 Å². The summed E-state index contributed by atoms with van der Waals surface area (Å²) in [6, 6.07) is 4.59. The third kappa shape index (κ3) is 2.84. The normalized spacial score (nSPS) is 9.27. The summed E-state index contributed by atoms with van der Waals surface area (Å²) in [4.78, 5) is 21.9. The van der Waals surface area contributed by atoms with Gasteiger partial charge in [-0.3, -0.25) is 9.59 Å². The molecule has 0 aliphatic heterocycles. The molecule has 0 fully saturated rings. The van der Waals surface area contributed by atoms with Gasteiger partial charge in [0.25, 0.3) is 5.56 Å². The molecule has 1 heterocycles. The number of nitrogens with zero attached hydrogens (tertiary/aromatic N) is 2. The van der Waals surface area contributed by atoms with Gasteiger partial charge in [0.2, 0.25) is 0 Å². The Morgan fingerprint density at radius 1 is 1.67 bits per heavy atom. The van der Waals surface area contributed by atoms with Crippen molar-refractivity contribution in [3.8, 4) is 11.8 Å². The molecule has 0 atom stereocenters. The molecule has 0 radical (unpaired) electrons. The van der Waals surface area contributed by atoms with E-state index in [0.29, 0.717) is 0 Å². The molecule has 0 aliphatic rings. The number of hydrogen-bond donors (Lipinski definition) is 1. The molecule has 1 aromatic rings. The second kappa shape index (κ2) is 4.81. The smallest absolute Gasteiger partial charge is 0.323 e. The van der Waals surface area contributed by atoms with E-state index in [-0.39, 0.29) is 12.4 Å². The van der Waals surface area contributed by atoms with E-state index in [1.165, 1.54) is 18.3 Å². The lowest BCUT2D eigenvalue weighted by Gasteiger charge is -2.04. The Morgan fingerprint density at radius 2 is 2.40 bits per heavy atom. The van der Waals surface area contributed by atoms with Gasteiger partial charge in [-0.1, -0.05) is 0 Å². The Morgan fingerprint density at radius 3 is 3.00 bits per heavy atom. The molecule has 0 aromatic carbocycles. The first-order valence-corrected chi connectivity index (χ1v) is 4.06. The van der Waals surface area contributed by atoms with Crippen LogP contribution in [0.3, 0.4) is 0 Å². The highest BCUT2D eigenvalue weighted by Gasteiger charge is 2.06. The molecule has 1 N–H and O–H groups in total. The van der Waals surface area contributed by atoms with E-state index >= 15 is 0 Å². The van der Waals surface area contributed by atoms with E-state index in [1.54, 1.807) is 6.07 Å². The van der Waals surface area contributed by atoms with Crippen LogP contribution < -0.4 is 10.3 Å². The van der Waals surface area contributed by atoms with Crippen LogP contribution in [0.1, 0.15) is 0 Å². The number of rotatable bonds is 4. The van der Waals surface area contributed by atoms with Crippen LogP contribution in [0.2, 0.25) is 0 Å². The molecule has 15 heavy (non-hydrogen) atoms. The zero-order valence-corrected chi connectivity index (χ0v) is 7.71. The highest BCUT2D eigenvalue weighted by atomic mass is 16.5. The Balaban J connectivity index is 2.96. The topological polar surface area (TPSA) is 92.3 Å². The van der Waals surface area contributed by atoms with Gasteiger partial charge in [0.15, 0.2) is 12.4 Å². The fraction of sp³-hybridized carbons (Fsp3) is 0.222. The summed E-state index contributed by atoms with van der Waals surface area (Å²) in [6.07, 6.45) is 1.34. The van der Waals surface area contributed by atoms with Crippen molar-refractivity contribution in [2.45, 2.75) is 6.54 Å². The predicted octanol–water partition coefficient (Wildman–Crippen LogP) is -0.165. The average molecular weight is 208 g/mol. The van der Waals surface area contributed by atoms with Gasteiger partial charge in [-0.15, -0.1) is 0 Å². The second-order valence-corrected chi connectivity index (χ2v) is 2.65. The Kier molecular flexibility index (Phi) is 3.46. The first-order chi connectivity index (χ1) is 7.15. The minimum atomic E-state index is -1.12. The van der Waals surface area contributed by atoms with Crippen molar-refractivity contribution in [3.63, 3.8) is 0 Å². The van der Waals surface area contributed by atoms with E-state index in [1.807, 2.05) is 0 Å². The lowest BCUT2D eigenvalue weighted by atomic mass is 10.4. The quantitative estimate of drug-likeness (QED) is 0.741. The molecule has 0 saturated carbocycles. The average Bonchev–Trinajstić information content (AvgIpc) is 2.19. The van der Waals surface area contributed by atoms with Gasteiger partial charge in [-0.2, -0.15) is 5.26 Å². The fourth-order valence-electron chi connectivity index (χ4n) is 1.00. The first-order valence-electron chi connectivity index (χ1n) is 4.06. The van der Waals surface area contributed by atoms with Crippen LogP contribution in [0, 0.1) is 11.3 Å². The largest absolute Gasteiger partial charge is 0.480 e. The van der Waals surface area contributed by atoms with Crippen molar-refractivity contribution >= 4 is 5.97 Å². The Labute approximate surface area is 84.9 Å². The molecule has 0 spiro atoms. The van der Waals surface area contributed by atoms with Gasteiger partial charge in [0.1, 0.15) is 12.6 Å². The molecule has 6 heteroatoms. The zero-order chi connectivity index (χ0) is 11.3. The SMILES string of the molecule is N#CCOc1cccn(CC(=O)O)c1=O. The third-order valence-electron chi connectivity index (χ3n) is 1.58. The molecule has 0 saturated heterocycles. The predicted molar refractivity (Wildman–Crippen MR) is 49.4 cm³/mol. The lowest BCUT2D eigenvalue weighted by Crippen LogP contribution is -2.24. The van der Waals surface area contributed by atoms with E-state index in [9.17, 15) is 9.59 Å². The summed E-state index contributed by atoms with van der Waals surface area (Å²) >= 11 is 0. The molecule has 78 valence electrons. The van der Waals surface area contributed by atoms with Crippen molar-refractivity contribution < 1.29 is 14.6 Å². The minimum absolute atomic E-state index is 0.0275. The molecule has 1 rings (SSSR count). The highest BCUT2D eigenvalue weighted by molar-refractivity contribution is 5.66. The maximum Gasteiger partial charge on any atom is 0.323 e. The van der Waals surface area contributed by atoms with Crippen LogP contribution in [0.5, 0.6) is 5.75 Å². The number of aromatic nitrogens is 1. The number of hydrogen-bond acceptors (Lipinski definition) is 4. The zero-order valence-electron chi connectivity index (χ0n) is 7.71. The maximum atomic E-state index is 11.5. The minimum Gasteiger partial charge on any atom is -0.480 e. The summed E-state index contributed by atoms with van der Waals surface area (Å²) in [5.41, 5.74) is -0.560. The van der Waals surface area contributed by atoms with E-state index in [4.69, 9.17) is 15.1 Å². The van der Waals surface area contributed by atoms with Crippen LogP contribution in [0.4, 0.5) is 0 Å². The van der Waals surface area contributed by atoms with Gasteiger partial charge in [0.05, 0.1) is 0 Å². The Bertz CT molecular complexity index is 458. The van der Waals surface area contributed by atoms with Crippen molar-refractivity contribution in [1.29, 1.82) is 5.26 Å². The summed E-state index contributed by atoms with van der Waals surface area (Å²) in [5, 5.41) is 16.8. The molecule has 0 aliphatic carbocycles. The standard InChI is InChI=1S/C9H8N2O4/c10-3-5-15-7-2-1-4-11(9(7)14)6-8(12)13/h1-2,4H,5-6H2,(H,12,13). The van der Waals surface area contributed by atoms with Gasteiger partial charge >= 0.3 is 5.97 Å². The van der Waals surface area contributed by atoms with E-state index in [0.717, 1.165) is 4.57 Å². The first kappa shape index (κ1) is 10.8. The number of carbonyl (C=O) groups is 1. The van der Waals surface area contributed by atoms with Crippen molar-refractivity contribution in [2.24, 2.45) is 0 Å². The molecule has 6 nitrogen and oxygen atoms in total. The second-order valence-electron chi connectivity index (χ2n) is 2.65. The summed E-state index contributed by atoms with van der Waals surface area (Å²) in [5.74, 6) is -1.14. The molecule has 0 unspecified atom stereocenters. The van der Waals surface area contributed by atoms with Gasteiger partial charge in [-0.05, 0) is 12.1 Å². The number of carboxylic acid groups (broad SMARTS) is 1. The van der Waals surface area contributed by atoms with Crippen molar-refractivity contribution in [3.05, 3.63) is 28.7 Å². The molecule has 0 amide bonds. The number of pyridine rings is 1. The van der Waals surface area contributed by atoms with Crippen LogP contribution in [-0.4, -0.2) is 22.2 Å². The number of ether oxygens (including phenoxy) is 1. The maximum absolute atomic E-state index is 11.5. The van der Waals surface area contributed by atoms with Gasteiger partial charge in [0, 0.05) is 6.20 Å². The highest BCUT2D eigenvalue weighted by Crippen LogP contribution is 2.01. The lowest BCUT2D eigenvalue weighted by molar-refractivity contribution is -0.137. The van der Waals surface area contributed by atoms with Crippen LogP contribution >= 0.6 is 0 Å². The van der Waals surface area contributed by atoms with Crippen LogP contribution in [0.15, 0.2) is 23.1 Å². The number of carboxylic acids is 1. The summed E-state index contributed by atoms with van der Waals surface area (Å²) in [7, 11) is 0. The molecular formula is C9H8N2O4. The monoisotopic (exact) mass is 208 g/mol. The van der Waals surface area contributed by atoms with Crippen molar-refractivity contribution in [1.82, 2.24) is 4.57 Å². The van der Waals surface area contributed by atoms with E-state index in [2.05, 4.69) is 0 Å². The van der Waals surface area contributed by atoms with Crippen molar-refractivity contribution in [2.75, 3.05) is 6.61 Å². The number of nitriles is 1. The fourth-order valence-corrected chi connectivity index (χ4v) is 1.00. The third-order valence-corrected chi connectivity index (χ3v) is 1.58. The van der Waals surface area contributed by atoms with Gasteiger partial charge < -0.3 is 14.4 Å². The van der Waals surface area contributed by atoms with Crippen LogP contribution in [-0.2, 0) is 11.3 Å². The summed E-state index contributed by atoms with van der Waals surface area (Å²) < 4.78 is 5.82. The molecule has 1 aromatic heterocycles. The molecule has 0 bridgehead atoms. The van der Waals surface area contributed by atoms with E-state index < -0.39 is 18.1 Å². The van der Waals surface area contributed by atoms with Crippen LogP contribution in [0.25, 0.3) is 0 Å². The molecular weight excluding hydrogens is 200 g/mol. The number of aliphatic carboxylic acids is 1. The Hall–Kier alpha value is -2.29. The summed E-state index contributed by atoms with van der Waals surface area (Å²) in [6.45, 7) is -0.672.